The van der Waals surface area contributed by atoms with Crippen molar-refractivity contribution in [3.63, 3.8) is 0 Å². The molecule has 2 aromatic rings. The maximum absolute atomic E-state index is 12.8. The molecule has 1 saturated heterocycles. The second-order valence-corrected chi connectivity index (χ2v) is 6.81. The van der Waals surface area contributed by atoms with Gasteiger partial charge in [-0.25, -0.2) is 0 Å². The van der Waals surface area contributed by atoms with Gasteiger partial charge in [-0.05, 0) is 43.2 Å². The minimum atomic E-state index is -0.308. The van der Waals surface area contributed by atoms with Crippen molar-refractivity contribution in [2.45, 2.75) is 25.7 Å². The molecule has 1 fully saturated rings. The molecular weight excluding hydrogens is 356 g/mol. The SMILES string of the molecule is COc1ccc(OC)c(NC(=O)c2cccc(C(=O)N3CCCCCC3)c2)c1. The van der Waals surface area contributed by atoms with Gasteiger partial charge in [0.25, 0.3) is 11.8 Å². The van der Waals surface area contributed by atoms with Crippen LogP contribution in [0.4, 0.5) is 5.69 Å². The molecule has 2 aromatic carbocycles. The summed E-state index contributed by atoms with van der Waals surface area (Å²) in [5.74, 6) is 0.819. The molecule has 0 aromatic heterocycles. The fourth-order valence-electron chi connectivity index (χ4n) is 3.36. The number of ether oxygens (including phenoxy) is 2. The molecular formula is C22H26N2O4. The molecule has 0 atom stereocenters. The van der Waals surface area contributed by atoms with E-state index in [4.69, 9.17) is 9.47 Å². The van der Waals surface area contributed by atoms with Gasteiger partial charge in [-0.3, -0.25) is 9.59 Å². The van der Waals surface area contributed by atoms with Gasteiger partial charge in [0.05, 0.1) is 19.9 Å². The highest BCUT2D eigenvalue weighted by Gasteiger charge is 2.19. The molecule has 6 heteroatoms. The Morgan fingerprint density at radius 3 is 2.29 bits per heavy atom. The first-order valence-corrected chi connectivity index (χ1v) is 9.55. The highest BCUT2D eigenvalue weighted by molar-refractivity contribution is 6.06. The molecule has 148 valence electrons. The quantitative estimate of drug-likeness (QED) is 0.850. The maximum Gasteiger partial charge on any atom is 0.255 e. The molecule has 0 spiro atoms. The van der Waals surface area contributed by atoms with Crippen LogP contribution in [-0.2, 0) is 0 Å². The second kappa shape index (κ2) is 9.26. The first-order valence-electron chi connectivity index (χ1n) is 9.55. The van der Waals surface area contributed by atoms with Crippen LogP contribution in [-0.4, -0.2) is 44.0 Å². The molecule has 0 unspecified atom stereocenters. The van der Waals surface area contributed by atoms with Gasteiger partial charge < -0.3 is 19.7 Å². The van der Waals surface area contributed by atoms with Crippen LogP contribution in [0.3, 0.4) is 0 Å². The van der Waals surface area contributed by atoms with E-state index in [0.717, 1.165) is 38.8 Å². The van der Waals surface area contributed by atoms with Gasteiger partial charge in [-0.1, -0.05) is 18.9 Å². The summed E-state index contributed by atoms with van der Waals surface area (Å²) < 4.78 is 10.5. The first-order chi connectivity index (χ1) is 13.6. The van der Waals surface area contributed by atoms with Crippen LogP contribution in [0, 0.1) is 0 Å². The second-order valence-electron chi connectivity index (χ2n) is 6.81. The van der Waals surface area contributed by atoms with E-state index >= 15 is 0 Å². The lowest BCUT2D eigenvalue weighted by atomic mass is 10.1. The number of benzene rings is 2. The summed E-state index contributed by atoms with van der Waals surface area (Å²) in [7, 11) is 3.10. The summed E-state index contributed by atoms with van der Waals surface area (Å²) in [4.78, 5) is 27.5. The average Bonchev–Trinajstić information content (AvgIpc) is 3.02. The average molecular weight is 382 g/mol. The minimum Gasteiger partial charge on any atom is -0.497 e. The van der Waals surface area contributed by atoms with Crippen molar-refractivity contribution >= 4 is 17.5 Å². The number of methoxy groups -OCH3 is 2. The monoisotopic (exact) mass is 382 g/mol. The van der Waals surface area contributed by atoms with Crippen molar-refractivity contribution in [3.05, 3.63) is 53.6 Å². The zero-order chi connectivity index (χ0) is 19.9. The summed E-state index contributed by atoms with van der Waals surface area (Å²) in [6.07, 6.45) is 4.38. The number of likely N-dealkylation sites (tertiary alicyclic amines) is 1. The third-order valence-electron chi connectivity index (χ3n) is 4.92. The van der Waals surface area contributed by atoms with Gasteiger partial charge in [0.1, 0.15) is 11.5 Å². The zero-order valence-corrected chi connectivity index (χ0v) is 16.4. The topological polar surface area (TPSA) is 67.9 Å². The molecule has 3 rings (SSSR count). The van der Waals surface area contributed by atoms with Crippen molar-refractivity contribution in [2.75, 3.05) is 32.6 Å². The summed E-state index contributed by atoms with van der Waals surface area (Å²) in [5.41, 5.74) is 1.47. The van der Waals surface area contributed by atoms with Gasteiger partial charge in [-0.15, -0.1) is 0 Å². The number of carbonyl (C=O) groups is 2. The molecule has 2 amide bonds. The van der Waals surface area contributed by atoms with E-state index in [9.17, 15) is 9.59 Å². The molecule has 0 saturated carbocycles. The summed E-state index contributed by atoms with van der Waals surface area (Å²) in [5, 5.41) is 2.84. The number of nitrogens with one attached hydrogen (secondary N) is 1. The minimum absolute atomic E-state index is 0.0180. The van der Waals surface area contributed by atoms with Gasteiger partial charge in [-0.2, -0.15) is 0 Å². The van der Waals surface area contributed by atoms with Crippen LogP contribution < -0.4 is 14.8 Å². The van der Waals surface area contributed by atoms with Crippen LogP contribution in [0.25, 0.3) is 0 Å². The van der Waals surface area contributed by atoms with Gasteiger partial charge >= 0.3 is 0 Å². The van der Waals surface area contributed by atoms with E-state index in [1.54, 1.807) is 49.6 Å². The van der Waals surface area contributed by atoms with Crippen LogP contribution in [0.15, 0.2) is 42.5 Å². The standard InChI is InChI=1S/C22H26N2O4/c1-27-18-10-11-20(28-2)19(15-18)23-21(25)16-8-7-9-17(14-16)22(26)24-12-5-3-4-6-13-24/h7-11,14-15H,3-6,12-13H2,1-2H3,(H,23,25). The maximum atomic E-state index is 12.8. The van der Waals surface area contributed by atoms with Crippen LogP contribution in [0.2, 0.25) is 0 Å². The Bertz CT molecular complexity index is 842. The van der Waals surface area contributed by atoms with Gasteiger partial charge in [0, 0.05) is 30.3 Å². The Labute approximate surface area is 165 Å². The van der Waals surface area contributed by atoms with E-state index in [-0.39, 0.29) is 11.8 Å². The first kappa shape index (κ1) is 19.7. The van der Waals surface area contributed by atoms with E-state index in [0.29, 0.717) is 28.3 Å². The number of amides is 2. The van der Waals surface area contributed by atoms with Crippen molar-refractivity contribution in [2.24, 2.45) is 0 Å². The number of carbonyl (C=O) groups excluding carboxylic acids is 2. The van der Waals surface area contributed by atoms with E-state index in [1.165, 1.54) is 7.11 Å². The predicted molar refractivity (Wildman–Crippen MR) is 108 cm³/mol. The van der Waals surface area contributed by atoms with Gasteiger partial charge in [0.2, 0.25) is 0 Å². The molecule has 0 bridgehead atoms. The van der Waals surface area contributed by atoms with E-state index < -0.39 is 0 Å². The molecule has 6 nitrogen and oxygen atoms in total. The lowest BCUT2D eigenvalue weighted by Crippen LogP contribution is -2.32. The molecule has 0 radical (unpaired) electrons. The van der Waals surface area contributed by atoms with Crippen molar-refractivity contribution < 1.29 is 19.1 Å². The summed E-state index contributed by atoms with van der Waals surface area (Å²) in [6.45, 7) is 1.55. The fraction of sp³-hybridized carbons (Fsp3) is 0.364. The zero-order valence-electron chi connectivity index (χ0n) is 16.4. The summed E-state index contributed by atoms with van der Waals surface area (Å²) in [6, 6.07) is 12.0. The van der Waals surface area contributed by atoms with Crippen molar-refractivity contribution in [3.8, 4) is 11.5 Å². The lowest BCUT2D eigenvalue weighted by Gasteiger charge is -2.20. The van der Waals surface area contributed by atoms with Gasteiger partial charge in [0.15, 0.2) is 0 Å². The smallest absolute Gasteiger partial charge is 0.255 e. The Morgan fingerprint density at radius 2 is 1.61 bits per heavy atom. The molecule has 1 heterocycles. The lowest BCUT2D eigenvalue weighted by molar-refractivity contribution is 0.0761. The Hall–Kier alpha value is -3.02. The molecule has 1 N–H and O–H groups in total. The normalized spacial score (nSPS) is 14.1. The Morgan fingerprint density at radius 1 is 0.893 bits per heavy atom. The highest BCUT2D eigenvalue weighted by atomic mass is 16.5. The largest absolute Gasteiger partial charge is 0.497 e. The highest BCUT2D eigenvalue weighted by Crippen LogP contribution is 2.29. The molecule has 1 aliphatic rings. The Kier molecular flexibility index (Phi) is 6.53. The molecule has 28 heavy (non-hydrogen) atoms. The third kappa shape index (κ3) is 4.63. The molecule has 1 aliphatic heterocycles. The summed E-state index contributed by atoms with van der Waals surface area (Å²) >= 11 is 0. The van der Waals surface area contributed by atoms with E-state index in [2.05, 4.69) is 5.32 Å². The van der Waals surface area contributed by atoms with Crippen LogP contribution >= 0.6 is 0 Å². The number of hydrogen-bond acceptors (Lipinski definition) is 4. The van der Waals surface area contributed by atoms with Crippen LogP contribution in [0.1, 0.15) is 46.4 Å². The fourth-order valence-corrected chi connectivity index (χ4v) is 3.36. The third-order valence-corrected chi connectivity index (χ3v) is 4.92. The van der Waals surface area contributed by atoms with Crippen molar-refractivity contribution in [1.29, 1.82) is 0 Å². The number of rotatable bonds is 5. The molecule has 0 aliphatic carbocycles. The Balaban J connectivity index is 1.78. The number of hydrogen-bond donors (Lipinski definition) is 1. The number of nitrogens with zero attached hydrogens (tertiary/aromatic N) is 1. The van der Waals surface area contributed by atoms with Crippen molar-refractivity contribution in [1.82, 2.24) is 4.90 Å². The number of anilines is 1. The van der Waals surface area contributed by atoms with Crippen LogP contribution in [0.5, 0.6) is 11.5 Å². The van der Waals surface area contributed by atoms with E-state index in [1.807, 2.05) is 4.90 Å². The predicted octanol–water partition coefficient (Wildman–Crippen LogP) is 3.97.